The van der Waals surface area contributed by atoms with Crippen molar-refractivity contribution >= 4 is 17.1 Å². The minimum atomic E-state index is -0.468. The Labute approximate surface area is 225 Å². The third-order valence-corrected chi connectivity index (χ3v) is 6.27. The average Bonchev–Trinajstić information content (AvgIpc) is 3.31. The van der Waals surface area contributed by atoms with Crippen molar-refractivity contribution in [2.24, 2.45) is 5.92 Å². The van der Waals surface area contributed by atoms with Gasteiger partial charge in [0.05, 0.1) is 11.4 Å². The van der Waals surface area contributed by atoms with Crippen molar-refractivity contribution in [3.05, 3.63) is 53.0 Å². The molecule has 0 bridgehead atoms. The third-order valence-electron chi connectivity index (χ3n) is 6.27. The van der Waals surface area contributed by atoms with Crippen molar-refractivity contribution < 1.29 is 18.8 Å². The molecular weight excluding hydrogens is 482 g/mol. The summed E-state index contributed by atoms with van der Waals surface area (Å²) in [6.45, 7) is 9.35. The quantitative estimate of drug-likeness (QED) is 0.459. The molecule has 38 heavy (non-hydrogen) atoms. The molecule has 2 aromatic heterocycles. The van der Waals surface area contributed by atoms with Gasteiger partial charge in [-0.05, 0) is 97.7 Å². The number of hydrogen-bond acceptors (Lipinski definition) is 8. The second kappa shape index (κ2) is 13.2. The van der Waals surface area contributed by atoms with Gasteiger partial charge in [-0.3, -0.25) is 0 Å². The predicted octanol–water partition coefficient (Wildman–Crippen LogP) is 5.40. The molecule has 1 aromatic carbocycles. The number of fused-ring (bicyclic) bond motifs is 1. The Balaban J connectivity index is 0.00000127. The molecule has 3 aromatic rings. The van der Waals surface area contributed by atoms with E-state index in [9.17, 15) is 4.79 Å². The molecule has 0 radical (unpaired) electrons. The number of carbonyl (C=O) groups is 1. The van der Waals surface area contributed by atoms with Gasteiger partial charge >= 0.3 is 6.09 Å². The molecule has 1 amide bonds. The SMILES string of the molecule is CNC.Cc1c(OCc2cccc(C#N)n2)ccc2c(CCC3CCN(C(=O)OC(C)(C)C)CC3)noc12. The molecule has 1 N–H and O–H groups in total. The molecule has 3 heterocycles. The van der Waals surface area contributed by atoms with Crippen LogP contribution in [0.2, 0.25) is 0 Å². The number of nitriles is 1. The van der Waals surface area contributed by atoms with Crippen LogP contribution >= 0.6 is 0 Å². The zero-order valence-corrected chi connectivity index (χ0v) is 23.3. The van der Waals surface area contributed by atoms with Gasteiger partial charge < -0.3 is 24.2 Å². The molecule has 0 atom stereocenters. The van der Waals surface area contributed by atoms with Crippen molar-refractivity contribution in [2.75, 3.05) is 27.2 Å². The first-order valence-electron chi connectivity index (χ1n) is 13.1. The zero-order valence-electron chi connectivity index (χ0n) is 23.3. The van der Waals surface area contributed by atoms with Gasteiger partial charge in [0, 0.05) is 24.0 Å². The number of pyridine rings is 1. The van der Waals surface area contributed by atoms with Crippen LogP contribution < -0.4 is 10.1 Å². The van der Waals surface area contributed by atoms with E-state index < -0.39 is 5.60 Å². The Kier molecular flexibility index (Phi) is 10.1. The average molecular weight is 522 g/mol. The second-order valence-corrected chi connectivity index (χ2v) is 10.6. The highest BCUT2D eigenvalue weighted by molar-refractivity contribution is 5.84. The maximum absolute atomic E-state index is 12.3. The molecule has 1 saturated heterocycles. The zero-order chi connectivity index (χ0) is 27.7. The number of amides is 1. The lowest BCUT2D eigenvalue weighted by molar-refractivity contribution is 0.0181. The van der Waals surface area contributed by atoms with Crippen LogP contribution in [0.3, 0.4) is 0 Å². The van der Waals surface area contributed by atoms with E-state index in [4.69, 9.17) is 19.3 Å². The van der Waals surface area contributed by atoms with Crippen LogP contribution in [0.1, 0.15) is 62.7 Å². The van der Waals surface area contributed by atoms with Gasteiger partial charge in [0.1, 0.15) is 29.7 Å². The minimum absolute atomic E-state index is 0.222. The summed E-state index contributed by atoms with van der Waals surface area (Å²) in [4.78, 5) is 18.3. The fourth-order valence-electron chi connectivity index (χ4n) is 4.35. The number of nitrogens with one attached hydrogen (secondary N) is 1. The fraction of sp³-hybridized carbons (Fsp3) is 0.517. The molecule has 0 saturated carbocycles. The smallest absolute Gasteiger partial charge is 0.410 e. The second-order valence-electron chi connectivity index (χ2n) is 10.6. The lowest BCUT2D eigenvalue weighted by Gasteiger charge is -2.33. The summed E-state index contributed by atoms with van der Waals surface area (Å²) in [5.41, 5.74) is 3.17. The van der Waals surface area contributed by atoms with Crippen molar-refractivity contribution in [1.29, 1.82) is 5.26 Å². The van der Waals surface area contributed by atoms with Gasteiger partial charge in [-0.15, -0.1) is 0 Å². The molecule has 1 fully saturated rings. The van der Waals surface area contributed by atoms with Crippen molar-refractivity contribution in [3.63, 3.8) is 0 Å². The minimum Gasteiger partial charge on any atom is -0.487 e. The number of hydrogen-bond donors (Lipinski definition) is 1. The van der Waals surface area contributed by atoms with Gasteiger partial charge in [-0.2, -0.15) is 5.26 Å². The van der Waals surface area contributed by atoms with E-state index in [2.05, 4.69) is 15.5 Å². The molecule has 0 spiro atoms. The molecule has 9 heteroatoms. The third kappa shape index (κ3) is 7.93. The Morgan fingerprint density at radius 1 is 1.21 bits per heavy atom. The van der Waals surface area contributed by atoms with Crippen LogP contribution in [0.15, 0.2) is 34.9 Å². The fourth-order valence-corrected chi connectivity index (χ4v) is 4.35. The van der Waals surface area contributed by atoms with Crippen LogP contribution in [0, 0.1) is 24.2 Å². The largest absolute Gasteiger partial charge is 0.487 e. The molecule has 0 unspecified atom stereocenters. The maximum Gasteiger partial charge on any atom is 0.410 e. The Hall–Kier alpha value is -3.64. The summed E-state index contributed by atoms with van der Waals surface area (Å²) in [7, 11) is 3.75. The number of likely N-dealkylation sites (tertiary alicyclic amines) is 1. The van der Waals surface area contributed by atoms with Crippen LogP contribution in [-0.4, -0.2) is 53.9 Å². The number of aromatic nitrogens is 2. The van der Waals surface area contributed by atoms with Crippen molar-refractivity contribution in [1.82, 2.24) is 20.4 Å². The molecular formula is C29H39N5O4. The topological polar surface area (TPSA) is 114 Å². The Bertz CT molecular complexity index is 1250. The summed E-state index contributed by atoms with van der Waals surface area (Å²) in [5, 5.41) is 17.1. The molecule has 1 aliphatic heterocycles. The molecule has 0 aliphatic carbocycles. The summed E-state index contributed by atoms with van der Waals surface area (Å²) < 4.78 is 17.1. The van der Waals surface area contributed by atoms with Crippen molar-refractivity contribution in [2.45, 2.75) is 65.6 Å². The molecule has 204 valence electrons. The van der Waals surface area contributed by atoms with Gasteiger partial charge in [0.15, 0.2) is 5.58 Å². The highest BCUT2D eigenvalue weighted by Crippen LogP contribution is 2.31. The number of rotatable bonds is 6. The van der Waals surface area contributed by atoms with Crippen LogP contribution in [0.25, 0.3) is 11.0 Å². The van der Waals surface area contributed by atoms with E-state index in [0.29, 0.717) is 23.1 Å². The first-order chi connectivity index (χ1) is 18.1. The number of benzene rings is 1. The van der Waals surface area contributed by atoms with Gasteiger partial charge in [-0.25, -0.2) is 9.78 Å². The number of piperidine rings is 1. The summed E-state index contributed by atoms with van der Waals surface area (Å²) in [6, 6.07) is 11.3. The summed E-state index contributed by atoms with van der Waals surface area (Å²) in [6.07, 6.45) is 3.54. The maximum atomic E-state index is 12.3. The Morgan fingerprint density at radius 3 is 2.58 bits per heavy atom. The number of ether oxygens (including phenoxy) is 2. The predicted molar refractivity (Wildman–Crippen MR) is 146 cm³/mol. The van der Waals surface area contributed by atoms with Crippen molar-refractivity contribution in [3.8, 4) is 11.8 Å². The van der Waals surface area contributed by atoms with Crippen LogP contribution in [0.4, 0.5) is 4.79 Å². The van der Waals surface area contributed by atoms with E-state index >= 15 is 0 Å². The van der Waals surface area contributed by atoms with E-state index in [-0.39, 0.29) is 12.7 Å². The lowest BCUT2D eigenvalue weighted by Crippen LogP contribution is -2.41. The van der Waals surface area contributed by atoms with Crippen LogP contribution in [0.5, 0.6) is 5.75 Å². The lowest BCUT2D eigenvalue weighted by atomic mass is 9.91. The monoisotopic (exact) mass is 521 g/mol. The number of aryl methyl sites for hydroxylation is 2. The first kappa shape index (κ1) is 28.9. The van der Waals surface area contributed by atoms with Crippen LogP contribution in [-0.2, 0) is 17.8 Å². The van der Waals surface area contributed by atoms with E-state index in [1.54, 1.807) is 12.1 Å². The number of carbonyl (C=O) groups excluding carboxylic acids is 1. The molecule has 4 rings (SSSR count). The standard InChI is InChI=1S/C27H32N4O4.C2H7N/c1-18-24(33-17-21-7-5-6-20(16-28)29-21)11-9-22-23(30-35-25(18)22)10-8-19-12-14-31(15-13-19)26(32)34-27(2,3)4;1-3-2/h5-7,9,11,19H,8,10,12-15,17H2,1-4H3;3H,1-2H3. The normalized spacial score (nSPS) is 14.0. The molecule has 1 aliphatic rings. The summed E-state index contributed by atoms with van der Waals surface area (Å²) >= 11 is 0. The first-order valence-corrected chi connectivity index (χ1v) is 13.1. The van der Waals surface area contributed by atoms with Gasteiger partial charge in [0.25, 0.3) is 0 Å². The van der Waals surface area contributed by atoms with Gasteiger partial charge in [0.2, 0.25) is 0 Å². The summed E-state index contributed by atoms with van der Waals surface area (Å²) in [5.74, 6) is 1.25. The van der Waals surface area contributed by atoms with E-state index in [1.165, 1.54) is 0 Å². The highest BCUT2D eigenvalue weighted by atomic mass is 16.6. The van der Waals surface area contributed by atoms with Gasteiger partial charge in [-0.1, -0.05) is 11.2 Å². The number of nitrogens with zero attached hydrogens (tertiary/aromatic N) is 4. The van der Waals surface area contributed by atoms with E-state index in [1.807, 2.05) is 71.0 Å². The van der Waals surface area contributed by atoms with E-state index in [0.717, 1.165) is 61.0 Å². The highest BCUT2D eigenvalue weighted by Gasteiger charge is 2.27. The Morgan fingerprint density at radius 2 is 1.92 bits per heavy atom. The molecule has 9 nitrogen and oxygen atoms in total.